The first kappa shape index (κ1) is 23.8. The molecule has 1 rings (SSSR count). The highest BCUT2D eigenvalue weighted by atomic mass is 16.5. The van der Waals surface area contributed by atoms with Gasteiger partial charge in [-0.25, -0.2) is 0 Å². The van der Waals surface area contributed by atoms with Gasteiger partial charge in [-0.3, -0.25) is 14.7 Å². The monoisotopic (exact) mass is 402 g/mol. The van der Waals surface area contributed by atoms with Crippen LogP contribution in [0.4, 0.5) is 17.8 Å². The topological polar surface area (TPSA) is 104 Å². The quantitative estimate of drug-likeness (QED) is 0.300. The van der Waals surface area contributed by atoms with Crippen LogP contribution >= 0.6 is 0 Å². The summed E-state index contributed by atoms with van der Waals surface area (Å²) in [7, 11) is 9.31. The number of anilines is 3. The van der Waals surface area contributed by atoms with Gasteiger partial charge < -0.3 is 28.4 Å². The van der Waals surface area contributed by atoms with Crippen molar-refractivity contribution in [3.8, 4) is 0 Å². The van der Waals surface area contributed by atoms with E-state index in [4.69, 9.17) is 28.4 Å². The molecule has 0 saturated carbocycles. The van der Waals surface area contributed by atoms with E-state index in [0.717, 1.165) is 0 Å². The Labute approximate surface area is 165 Å². The van der Waals surface area contributed by atoms with E-state index in [-0.39, 0.29) is 39.6 Å². The Bertz CT molecular complexity index is 546. The minimum absolute atomic E-state index is 0.124. The average molecular weight is 402 g/mol. The molecule has 0 unspecified atom stereocenters. The number of aromatic nitrogens is 3. The highest BCUT2D eigenvalue weighted by molar-refractivity contribution is 5.48. The van der Waals surface area contributed by atoms with Gasteiger partial charge in [0.05, 0.1) is 7.11 Å². The van der Waals surface area contributed by atoms with E-state index in [1.165, 1.54) is 7.11 Å². The second-order valence-corrected chi connectivity index (χ2v) is 5.43. The van der Waals surface area contributed by atoms with E-state index in [1.54, 1.807) is 50.2 Å². The predicted octanol–water partition coefficient (Wildman–Crippen LogP) is 0.428. The molecular weight excluding hydrogens is 372 g/mol. The van der Waals surface area contributed by atoms with Gasteiger partial charge in [-0.1, -0.05) is 0 Å². The van der Waals surface area contributed by atoms with Gasteiger partial charge in [-0.05, 0) is 6.58 Å². The predicted molar refractivity (Wildman–Crippen MR) is 103 cm³/mol. The Morgan fingerprint density at radius 2 is 1.00 bits per heavy atom. The second-order valence-electron chi connectivity index (χ2n) is 5.43. The van der Waals surface area contributed by atoms with Crippen molar-refractivity contribution in [1.29, 1.82) is 0 Å². The molecule has 0 radical (unpaired) electrons. The summed E-state index contributed by atoms with van der Waals surface area (Å²) in [5.74, 6) is 1.22. The van der Waals surface area contributed by atoms with Crippen molar-refractivity contribution in [2.75, 3.05) is 91.0 Å². The first-order chi connectivity index (χ1) is 13.6. The number of rotatable bonds is 15. The zero-order valence-electron chi connectivity index (χ0n) is 17.4. The molecule has 0 aliphatic carbocycles. The molecule has 160 valence electrons. The molecule has 0 saturated heterocycles. The molecule has 12 heteroatoms. The first-order valence-electron chi connectivity index (χ1n) is 8.27. The molecule has 1 aromatic heterocycles. The van der Waals surface area contributed by atoms with Crippen LogP contribution in [0.3, 0.4) is 0 Å². The normalized spacial score (nSPS) is 10.6. The van der Waals surface area contributed by atoms with E-state index in [2.05, 4.69) is 21.5 Å². The van der Waals surface area contributed by atoms with Crippen molar-refractivity contribution >= 4 is 17.8 Å². The summed E-state index contributed by atoms with van der Waals surface area (Å²) in [6.45, 7) is 4.82. The van der Waals surface area contributed by atoms with Gasteiger partial charge >= 0.3 is 0 Å². The van der Waals surface area contributed by atoms with E-state index < -0.39 is 0 Å². The summed E-state index contributed by atoms with van der Waals surface area (Å²) >= 11 is 0. The van der Waals surface area contributed by atoms with Crippen LogP contribution in [-0.4, -0.2) is 91.3 Å². The van der Waals surface area contributed by atoms with E-state index in [1.807, 2.05) is 0 Å². The van der Waals surface area contributed by atoms with Crippen molar-refractivity contribution in [3.63, 3.8) is 0 Å². The van der Waals surface area contributed by atoms with Crippen LogP contribution in [-0.2, 0) is 28.4 Å². The van der Waals surface area contributed by atoms with Gasteiger partial charge in [0.2, 0.25) is 17.8 Å². The van der Waals surface area contributed by atoms with Gasteiger partial charge in [-0.2, -0.15) is 15.0 Å². The second kappa shape index (κ2) is 13.0. The molecule has 0 aliphatic rings. The summed E-state index contributed by atoms with van der Waals surface area (Å²) in [5.41, 5.74) is 0. The Hall–Kier alpha value is -2.25. The fraction of sp³-hybridized carbons (Fsp3) is 0.688. The first-order valence-corrected chi connectivity index (χ1v) is 8.27. The average Bonchev–Trinajstić information content (AvgIpc) is 2.70. The summed E-state index contributed by atoms with van der Waals surface area (Å²) < 4.78 is 31.4. The van der Waals surface area contributed by atoms with Crippen molar-refractivity contribution in [3.05, 3.63) is 12.5 Å². The third kappa shape index (κ3) is 6.73. The Morgan fingerprint density at radius 1 is 0.643 bits per heavy atom. The molecule has 0 N–H and O–H groups in total. The minimum Gasteiger partial charge on any atom is -0.482 e. The molecule has 0 aromatic carbocycles. The third-order valence-corrected chi connectivity index (χ3v) is 3.34. The fourth-order valence-electron chi connectivity index (χ4n) is 2.16. The number of methoxy groups -OCH3 is 6. The smallest absolute Gasteiger partial charge is 0.240 e. The fourth-order valence-corrected chi connectivity index (χ4v) is 2.16. The Morgan fingerprint density at radius 3 is 1.32 bits per heavy atom. The Balaban J connectivity index is 3.48. The molecule has 28 heavy (non-hydrogen) atoms. The van der Waals surface area contributed by atoms with Gasteiger partial charge in [0.15, 0.2) is 5.88 Å². The number of hydrogen-bond donors (Lipinski definition) is 0. The van der Waals surface area contributed by atoms with Gasteiger partial charge in [-0.15, -0.1) is 0 Å². The minimum atomic E-state index is 0.124. The lowest BCUT2D eigenvalue weighted by atomic mass is 10.6. The summed E-state index contributed by atoms with van der Waals surface area (Å²) in [6, 6.07) is 0. The van der Waals surface area contributed by atoms with Crippen LogP contribution in [0.15, 0.2) is 12.5 Å². The molecule has 1 heterocycles. The summed E-state index contributed by atoms with van der Waals surface area (Å²) in [6.07, 6.45) is 0. The molecule has 0 bridgehead atoms. The van der Waals surface area contributed by atoms with Gasteiger partial charge in [0, 0.05) is 35.5 Å². The van der Waals surface area contributed by atoms with Crippen LogP contribution in [0, 0.1) is 0 Å². The lowest BCUT2D eigenvalue weighted by Gasteiger charge is -2.27. The van der Waals surface area contributed by atoms with Gasteiger partial charge in [0.1, 0.15) is 33.7 Å². The molecule has 0 spiro atoms. The summed E-state index contributed by atoms with van der Waals surface area (Å²) in [5, 5.41) is 0. The van der Waals surface area contributed by atoms with Crippen LogP contribution < -0.4 is 14.7 Å². The highest BCUT2D eigenvalue weighted by Crippen LogP contribution is 2.22. The van der Waals surface area contributed by atoms with Crippen LogP contribution in [0.5, 0.6) is 0 Å². The maximum absolute atomic E-state index is 5.24. The van der Waals surface area contributed by atoms with Crippen molar-refractivity contribution < 1.29 is 28.4 Å². The maximum Gasteiger partial charge on any atom is 0.240 e. The third-order valence-electron chi connectivity index (χ3n) is 3.34. The molecule has 0 atom stereocenters. The van der Waals surface area contributed by atoms with Crippen molar-refractivity contribution in [2.45, 2.75) is 0 Å². The van der Waals surface area contributed by atoms with Crippen molar-refractivity contribution in [1.82, 2.24) is 15.0 Å². The van der Waals surface area contributed by atoms with Crippen LogP contribution in [0.1, 0.15) is 0 Å². The molecular formula is C16H30N6O6. The zero-order chi connectivity index (χ0) is 20.9. The number of nitrogens with zero attached hydrogens (tertiary/aromatic N) is 6. The highest BCUT2D eigenvalue weighted by Gasteiger charge is 2.22. The van der Waals surface area contributed by atoms with E-state index in [9.17, 15) is 0 Å². The SMILES string of the molecule is C=C(OC)N(COC)c1nc(N(COC)COC)nc(N(COC)COC)n1. The molecule has 0 fully saturated rings. The molecule has 0 aliphatic heterocycles. The lowest BCUT2D eigenvalue weighted by Crippen LogP contribution is -2.35. The van der Waals surface area contributed by atoms with E-state index >= 15 is 0 Å². The standard InChI is InChI=1S/C16H30N6O6/c1-13(28-7)22(12-27-6)16-18-14(20(8-23-2)9-24-3)17-15(19-16)21(10-25-4)11-26-5/h1,8-12H2,2-7H3. The zero-order valence-corrected chi connectivity index (χ0v) is 17.4. The largest absolute Gasteiger partial charge is 0.482 e. The lowest BCUT2D eigenvalue weighted by molar-refractivity contribution is 0.136. The maximum atomic E-state index is 5.24. The number of ether oxygens (including phenoxy) is 6. The molecule has 12 nitrogen and oxygen atoms in total. The van der Waals surface area contributed by atoms with Gasteiger partial charge in [0.25, 0.3) is 0 Å². The van der Waals surface area contributed by atoms with Crippen LogP contribution in [0.2, 0.25) is 0 Å². The van der Waals surface area contributed by atoms with Crippen LogP contribution in [0.25, 0.3) is 0 Å². The summed E-state index contributed by atoms with van der Waals surface area (Å²) in [4.78, 5) is 18.4. The molecule has 0 amide bonds. The number of hydrogen-bond acceptors (Lipinski definition) is 12. The van der Waals surface area contributed by atoms with Crippen molar-refractivity contribution in [2.24, 2.45) is 0 Å². The Kier molecular flexibility index (Phi) is 11.1. The molecule has 1 aromatic rings. The van der Waals surface area contributed by atoms with E-state index in [0.29, 0.717) is 17.8 Å².